The summed E-state index contributed by atoms with van der Waals surface area (Å²) in [7, 11) is 0. The Morgan fingerprint density at radius 1 is 1.29 bits per heavy atom. The third kappa shape index (κ3) is 5.39. The standard InChI is InChI=1S/C15H26N4S.HI/c1-11(2)14-12(3)20-13(18-14)10-17-15(16)19-8-6-4-5-7-9-19;/h11H,4-10H2,1-3H3,(H2,16,17);1H. The number of thiazole rings is 1. The largest absolute Gasteiger partial charge is 0.370 e. The van der Waals surface area contributed by atoms with E-state index in [1.807, 2.05) is 0 Å². The zero-order chi connectivity index (χ0) is 14.5. The molecule has 0 unspecified atom stereocenters. The number of aryl methyl sites for hydroxylation is 1. The minimum atomic E-state index is 0. The van der Waals surface area contributed by atoms with Gasteiger partial charge >= 0.3 is 0 Å². The lowest BCUT2D eigenvalue weighted by Gasteiger charge is -2.20. The van der Waals surface area contributed by atoms with Crippen molar-refractivity contribution in [1.29, 1.82) is 0 Å². The van der Waals surface area contributed by atoms with Crippen LogP contribution in [0.15, 0.2) is 4.99 Å². The molecule has 1 aromatic rings. The summed E-state index contributed by atoms with van der Waals surface area (Å²) in [5, 5.41) is 1.07. The summed E-state index contributed by atoms with van der Waals surface area (Å²) in [6.45, 7) is 9.20. The maximum absolute atomic E-state index is 6.12. The molecule has 0 radical (unpaired) electrons. The van der Waals surface area contributed by atoms with Crippen molar-refractivity contribution in [2.24, 2.45) is 10.7 Å². The predicted octanol–water partition coefficient (Wildman–Crippen LogP) is 3.88. The number of likely N-dealkylation sites (tertiary alicyclic amines) is 1. The minimum absolute atomic E-state index is 0. The lowest BCUT2D eigenvalue weighted by atomic mass is 10.1. The van der Waals surface area contributed by atoms with E-state index in [9.17, 15) is 0 Å². The highest BCUT2D eigenvalue weighted by Crippen LogP contribution is 2.24. The number of rotatable bonds is 3. The van der Waals surface area contributed by atoms with Crippen LogP contribution in [0.5, 0.6) is 0 Å². The van der Waals surface area contributed by atoms with Crippen LogP contribution in [0.3, 0.4) is 0 Å². The molecule has 1 fully saturated rings. The quantitative estimate of drug-likeness (QED) is 0.457. The Kier molecular flexibility index (Phi) is 7.94. The number of aliphatic imine (C=N–C) groups is 1. The SMILES string of the molecule is Cc1sc(CN=C(N)N2CCCCCC2)nc1C(C)C.I. The molecule has 0 atom stereocenters. The molecule has 2 heterocycles. The highest BCUT2D eigenvalue weighted by Gasteiger charge is 2.13. The van der Waals surface area contributed by atoms with Gasteiger partial charge < -0.3 is 10.6 Å². The van der Waals surface area contributed by atoms with E-state index in [4.69, 9.17) is 5.73 Å². The van der Waals surface area contributed by atoms with Gasteiger partial charge in [-0.25, -0.2) is 9.98 Å². The first-order chi connectivity index (χ1) is 9.58. The Hall–Kier alpha value is -0.370. The molecule has 4 nitrogen and oxygen atoms in total. The molecular formula is C15H27IN4S. The van der Waals surface area contributed by atoms with Crippen LogP contribution in [0.4, 0.5) is 0 Å². The number of nitrogens with two attached hydrogens (primary N) is 1. The van der Waals surface area contributed by atoms with Gasteiger partial charge in [0, 0.05) is 18.0 Å². The molecule has 0 amide bonds. The van der Waals surface area contributed by atoms with Crippen molar-refractivity contribution in [3.63, 3.8) is 0 Å². The van der Waals surface area contributed by atoms with E-state index in [-0.39, 0.29) is 24.0 Å². The first-order valence-corrected chi connectivity index (χ1v) is 8.40. The molecule has 0 saturated carbocycles. The molecule has 2 rings (SSSR count). The van der Waals surface area contributed by atoms with Crippen molar-refractivity contribution in [2.75, 3.05) is 13.1 Å². The molecule has 1 aliphatic heterocycles. The number of nitrogens with zero attached hydrogens (tertiary/aromatic N) is 3. The fourth-order valence-electron chi connectivity index (χ4n) is 2.62. The summed E-state index contributed by atoms with van der Waals surface area (Å²) < 4.78 is 0. The van der Waals surface area contributed by atoms with E-state index in [1.165, 1.54) is 36.3 Å². The van der Waals surface area contributed by atoms with Crippen LogP contribution in [-0.2, 0) is 6.54 Å². The normalized spacial score (nSPS) is 16.8. The molecule has 2 N–H and O–H groups in total. The van der Waals surface area contributed by atoms with Gasteiger partial charge in [0.1, 0.15) is 5.01 Å². The van der Waals surface area contributed by atoms with Crippen LogP contribution < -0.4 is 5.73 Å². The van der Waals surface area contributed by atoms with Gasteiger partial charge in [-0.2, -0.15) is 0 Å². The molecule has 6 heteroatoms. The Labute approximate surface area is 149 Å². The summed E-state index contributed by atoms with van der Waals surface area (Å²) in [5.74, 6) is 1.16. The van der Waals surface area contributed by atoms with Gasteiger partial charge in [0.2, 0.25) is 0 Å². The predicted molar refractivity (Wildman–Crippen MR) is 102 cm³/mol. The van der Waals surface area contributed by atoms with Crippen molar-refractivity contribution < 1.29 is 0 Å². The average molecular weight is 422 g/mol. The van der Waals surface area contributed by atoms with E-state index in [0.29, 0.717) is 18.4 Å². The van der Waals surface area contributed by atoms with Gasteiger partial charge in [-0.3, -0.25) is 0 Å². The average Bonchev–Trinajstić information content (AvgIpc) is 2.64. The lowest BCUT2D eigenvalue weighted by molar-refractivity contribution is 0.428. The van der Waals surface area contributed by atoms with Gasteiger partial charge in [0.05, 0.1) is 12.2 Å². The zero-order valence-corrected chi connectivity index (χ0v) is 16.4. The topological polar surface area (TPSA) is 54.5 Å². The molecule has 1 aromatic heterocycles. The first kappa shape index (κ1) is 18.7. The summed E-state index contributed by atoms with van der Waals surface area (Å²) in [5.41, 5.74) is 7.33. The Morgan fingerprint density at radius 3 is 2.43 bits per heavy atom. The van der Waals surface area contributed by atoms with Gasteiger partial charge in [0.15, 0.2) is 5.96 Å². The van der Waals surface area contributed by atoms with Gasteiger partial charge in [-0.15, -0.1) is 35.3 Å². The molecule has 1 aliphatic rings. The van der Waals surface area contributed by atoms with Crippen LogP contribution >= 0.6 is 35.3 Å². The Balaban J connectivity index is 0.00000220. The van der Waals surface area contributed by atoms with Crippen LogP contribution in [-0.4, -0.2) is 28.9 Å². The first-order valence-electron chi connectivity index (χ1n) is 7.59. The second-order valence-electron chi connectivity index (χ2n) is 5.78. The highest BCUT2D eigenvalue weighted by atomic mass is 127. The number of hydrogen-bond acceptors (Lipinski definition) is 3. The van der Waals surface area contributed by atoms with Crippen LogP contribution in [0.25, 0.3) is 0 Å². The molecule has 120 valence electrons. The van der Waals surface area contributed by atoms with E-state index >= 15 is 0 Å². The highest BCUT2D eigenvalue weighted by molar-refractivity contribution is 14.0. The summed E-state index contributed by atoms with van der Waals surface area (Å²) in [4.78, 5) is 12.7. The van der Waals surface area contributed by atoms with Crippen molar-refractivity contribution in [3.05, 3.63) is 15.6 Å². The third-order valence-corrected chi connectivity index (χ3v) is 4.70. The van der Waals surface area contributed by atoms with Crippen LogP contribution in [0.1, 0.15) is 61.0 Å². The fraction of sp³-hybridized carbons (Fsp3) is 0.733. The number of aromatic nitrogens is 1. The number of halogens is 1. The second kappa shape index (κ2) is 8.92. The monoisotopic (exact) mass is 422 g/mol. The maximum atomic E-state index is 6.12. The molecule has 0 bridgehead atoms. The Morgan fingerprint density at radius 2 is 1.90 bits per heavy atom. The molecule has 21 heavy (non-hydrogen) atoms. The molecule has 0 aromatic carbocycles. The van der Waals surface area contributed by atoms with Crippen LogP contribution in [0, 0.1) is 6.92 Å². The van der Waals surface area contributed by atoms with Gasteiger partial charge in [-0.1, -0.05) is 26.7 Å². The van der Waals surface area contributed by atoms with E-state index in [2.05, 4.69) is 35.6 Å². The van der Waals surface area contributed by atoms with Crippen molar-refractivity contribution >= 4 is 41.3 Å². The number of hydrogen-bond donors (Lipinski definition) is 1. The smallest absolute Gasteiger partial charge is 0.191 e. The number of guanidine groups is 1. The van der Waals surface area contributed by atoms with Gasteiger partial charge in [0.25, 0.3) is 0 Å². The third-order valence-electron chi connectivity index (χ3n) is 3.73. The Bertz CT molecular complexity index is 462. The molecule has 0 aliphatic carbocycles. The van der Waals surface area contributed by atoms with Crippen molar-refractivity contribution in [3.8, 4) is 0 Å². The van der Waals surface area contributed by atoms with Crippen molar-refractivity contribution in [1.82, 2.24) is 9.88 Å². The van der Waals surface area contributed by atoms with E-state index < -0.39 is 0 Å². The summed E-state index contributed by atoms with van der Waals surface area (Å²) in [6, 6.07) is 0. The maximum Gasteiger partial charge on any atom is 0.191 e. The minimum Gasteiger partial charge on any atom is -0.370 e. The zero-order valence-electron chi connectivity index (χ0n) is 13.3. The van der Waals surface area contributed by atoms with E-state index in [0.717, 1.165) is 18.1 Å². The summed E-state index contributed by atoms with van der Waals surface area (Å²) in [6.07, 6.45) is 5.08. The molecular weight excluding hydrogens is 395 g/mol. The second-order valence-corrected chi connectivity index (χ2v) is 7.07. The fourth-order valence-corrected chi connectivity index (χ4v) is 3.63. The van der Waals surface area contributed by atoms with Crippen molar-refractivity contribution in [2.45, 2.75) is 58.9 Å². The molecule has 1 saturated heterocycles. The summed E-state index contributed by atoms with van der Waals surface area (Å²) >= 11 is 1.74. The lowest BCUT2D eigenvalue weighted by Crippen LogP contribution is -2.38. The van der Waals surface area contributed by atoms with Crippen LogP contribution in [0.2, 0.25) is 0 Å². The molecule has 0 spiro atoms. The van der Waals surface area contributed by atoms with Gasteiger partial charge in [-0.05, 0) is 25.7 Å². The van der Waals surface area contributed by atoms with E-state index in [1.54, 1.807) is 11.3 Å².